The largest absolute Gasteiger partial charge is 0.303 e. The maximum Gasteiger partial charge on any atom is 0.211 e. The van der Waals surface area contributed by atoms with Gasteiger partial charge < -0.3 is 4.90 Å². The van der Waals surface area contributed by atoms with Crippen LogP contribution in [0.2, 0.25) is 0 Å². The summed E-state index contributed by atoms with van der Waals surface area (Å²) in [6, 6.07) is 52.1. The zero-order chi connectivity index (χ0) is 36.7. The van der Waals surface area contributed by atoms with Crippen molar-refractivity contribution in [2.75, 3.05) is 4.90 Å². The molecule has 2 atom stereocenters. The summed E-state index contributed by atoms with van der Waals surface area (Å²) in [4.78, 5) is 17.8. The van der Waals surface area contributed by atoms with Crippen molar-refractivity contribution >= 4 is 33.5 Å². The highest BCUT2D eigenvalue weighted by Gasteiger charge is 2.41. The summed E-state index contributed by atoms with van der Waals surface area (Å²) in [6.07, 6.45) is 10.6. The van der Waals surface area contributed by atoms with Gasteiger partial charge in [-0.2, -0.15) is 0 Å². The van der Waals surface area contributed by atoms with E-state index in [-0.39, 0.29) is 17.5 Å². The Kier molecular flexibility index (Phi) is 6.96. The Morgan fingerprint density at radius 2 is 1.33 bits per heavy atom. The van der Waals surface area contributed by atoms with Gasteiger partial charge >= 0.3 is 0 Å². The van der Waals surface area contributed by atoms with E-state index in [0.717, 1.165) is 39.5 Å². The standard InChI is InChI=1S/C50H37N5/c1-50(2)40-26-23-34(32-14-6-3-7-15-32)30-39(40)37-25-27-44-46(47(37)50)38-24-22-35(48-51-29-28-41(52-48)33-16-8-4-9-17-33)31-45(38)55(44)49-53-42-20-12-13-21-43(42)54(49)36-18-10-5-11-19-36/h3-31,42-43H,1-2H3. The Bertz CT molecular complexity index is 2900. The molecule has 0 N–H and O–H groups in total. The smallest absolute Gasteiger partial charge is 0.211 e. The maximum atomic E-state index is 5.52. The van der Waals surface area contributed by atoms with E-state index in [4.69, 9.17) is 15.0 Å². The van der Waals surface area contributed by atoms with Crippen LogP contribution < -0.4 is 4.90 Å². The van der Waals surface area contributed by atoms with Crippen LogP contribution in [0.25, 0.3) is 66.7 Å². The molecule has 1 aliphatic heterocycles. The summed E-state index contributed by atoms with van der Waals surface area (Å²) in [5.41, 5.74) is 13.8. The molecule has 6 aromatic carbocycles. The van der Waals surface area contributed by atoms with E-state index < -0.39 is 0 Å². The number of fused-ring (bicyclic) bond motifs is 8. The molecule has 5 heteroatoms. The van der Waals surface area contributed by atoms with Crippen LogP contribution in [0.15, 0.2) is 181 Å². The van der Waals surface area contributed by atoms with E-state index in [0.29, 0.717) is 5.82 Å². The van der Waals surface area contributed by atoms with E-state index in [1.165, 1.54) is 44.2 Å². The summed E-state index contributed by atoms with van der Waals surface area (Å²) in [7, 11) is 0. The highest BCUT2D eigenvalue weighted by molar-refractivity contribution is 6.20. The lowest BCUT2D eigenvalue weighted by molar-refractivity contribution is 0.666. The summed E-state index contributed by atoms with van der Waals surface area (Å²) in [5, 5.41) is 2.45. The fraction of sp³-hybridized carbons (Fsp3) is 0.100. The zero-order valence-electron chi connectivity index (χ0n) is 30.6. The molecule has 5 nitrogen and oxygen atoms in total. The van der Waals surface area contributed by atoms with Gasteiger partial charge in [-0.3, -0.25) is 4.57 Å². The average Bonchev–Trinajstić information content (AvgIpc) is 3.86. The predicted octanol–water partition coefficient (Wildman–Crippen LogP) is 11.5. The molecule has 11 rings (SSSR count). The van der Waals surface area contributed by atoms with Crippen LogP contribution in [0.5, 0.6) is 0 Å². The molecule has 2 aromatic heterocycles. The molecule has 3 heterocycles. The van der Waals surface area contributed by atoms with Crippen molar-refractivity contribution in [2.45, 2.75) is 31.3 Å². The monoisotopic (exact) mass is 707 g/mol. The third kappa shape index (κ3) is 4.82. The van der Waals surface area contributed by atoms with Crippen LogP contribution in [0.1, 0.15) is 25.0 Å². The second-order valence-corrected chi connectivity index (χ2v) is 15.2. The van der Waals surface area contributed by atoms with Crippen LogP contribution in [0.4, 0.5) is 5.69 Å². The minimum absolute atomic E-state index is 0.00620. The highest BCUT2D eigenvalue weighted by atomic mass is 15.4. The van der Waals surface area contributed by atoms with Gasteiger partial charge in [0.05, 0.1) is 28.8 Å². The van der Waals surface area contributed by atoms with Gasteiger partial charge in [0.2, 0.25) is 5.96 Å². The molecule has 3 aliphatic rings. The first kappa shape index (κ1) is 31.7. The molecule has 0 saturated carbocycles. The lowest BCUT2D eigenvalue weighted by Gasteiger charge is -2.29. The number of nitrogens with zero attached hydrogens (tertiary/aromatic N) is 5. The molecule has 0 spiro atoms. The third-order valence-electron chi connectivity index (χ3n) is 11.7. The fourth-order valence-electron chi connectivity index (χ4n) is 9.17. The van der Waals surface area contributed by atoms with Crippen molar-refractivity contribution in [3.05, 3.63) is 187 Å². The van der Waals surface area contributed by atoms with Gasteiger partial charge in [-0.05, 0) is 69.8 Å². The SMILES string of the molecule is CC1(C)c2ccc(-c3ccccc3)cc2-c2ccc3c(c21)c1ccc(-c2nccc(-c4ccccc4)n2)cc1n3C1=NC2C=CC=CC2N1c1ccccc1. The lowest BCUT2D eigenvalue weighted by atomic mass is 9.80. The molecule has 8 aromatic rings. The number of rotatable bonds is 4. The molecule has 262 valence electrons. The van der Waals surface area contributed by atoms with Gasteiger partial charge in [0.25, 0.3) is 0 Å². The van der Waals surface area contributed by atoms with Crippen molar-refractivity contribution in [1.29, 1.82) is 0 Å². The number of hydrogen-bond acceptors (Lipinski definition) is 4. The summed E-state index contributed by atoms with van der Waals surface area (Å²) in [6.45, 7) is 4.76. The molecule has 0 radical (unpaired) electrons. The van der Waals surface area contributed by atoms with Crippen LogP contribution in [-0.2, 0) is 5.41 Å². The minimum Gasteiger partial charge on any atom is -0.303 e. The van der Waals surface area contributed by atoms with Crippen molar-refractivity contribution < 1.29 is 0 Å². The molecule has 0 fully saturated rings. The molecular formula is C50H37N5. The van der Waals surface area contributed by atoms with E-state index in [1.807, 2.05) is 30.5 Å². The first-order valence-corrected chi connectivity index (χ1v) is 19.0. The quantitative estimate of drug-likeness (QED) is 0.183. The number of aliphatic imine (C=N–C) groups is 1. The normalized spacial score (nSPS) is 17.7. The summed E-state index contributed by atoms with van der Waals surface area (Å²) < 4.78 is 2.40. The lowest BCUT2D eigenvalue weighted by Crippen LogP contribution is -2.41. The first-order valence-electron chi connectivity index (χ1n) is 19.0. The fourth-order valence-corrected chi connectivity index (χ4v) is 9.17. The van der Waals surface area contributed by atoms with Crippen LogP contribution in [0.3, 0.4) is 0 Å². The van der Waals surface area contributed by atoms with E-state index in [2.05, 4.69) is 169 Å². The Labute approximate surface area is 320 Å². The Morgan fingerprint density at radius 3 is 2.13 bits per heavy atom. The zero-order valence-corrected chi connectivity index (χ0v) is 30.6. The molecule has 55 heavy (non-hydrogen) atoms. The van der Waals surface area contributed by atoms with Crippen molar-refractivity contribution in [3.8, 4) is 44.9 Å². The number of aromatic nitrogens is 3. The maximum absolute atomic E-state index is 5.52. The van der Waals surface area contributed by atoms with Gasteiger partial charge in [-0.15, -0.1) is 0 Å². The number of anilines is 1. The Morgan fingerprint density at radius 1 is 0.600 bits per heavy atom. The first-order chi connectivity index (χ1) is 27.0. The second kappa shape index (κ2) is 12.1. The summed E-state index contributed by atoms with van der Waals surface area (Å²) in [5.74, 6) is 1.60. The Hall–Kier alpha value is -6.85. The van der Waals surface area contributed by atoms with E-state index in [1.54, 1.807) is 0 Å². The molecule has 2 unspecified atom stereocenters. The second-order valence-electron chi connectivity index (χ2n) is 15.2. The minimum atomic E-state index is -0.236. The average molecular weight is 708 g/mol. The van der Waals surface area contributed by atoms with Crippen molar-refractivity contribution in [1.82, 2.24) is 14.5 Å². The van der Waals surface area contributed by atoms with Gasteiger partial charge in [-0.25, -0.2) is 15.0 Å². The number of para-hydroxylation sites is 1. The van der Waals surface area contributed by atoms with Gasteiger partial charge in [0, 0.05) is 39.2 Å². The number of benzene rings is 6. The van der Waals surface area contributed by atoms with Gasteiger partial charge in [-0.1, -0.05) is 147 Å². The van der Waals surface area contributed by atoms with E-state index >= 15 is 0 Å². The summed E-state index contributed by atoms with van der Waals surface area (Å²) >= 11 is 0. The van der Waals surface area contributed by atoms with Crippen LogP contribution >= 0.6 is 0 Å². The molecule has 0 saturated heterocycles. The highest BCUT2D eigenvalue weighted by Crippen LogP contribution is 2.54. The van der Waals surface area contributed by atoms with Gasteiger partial charge in [0.15, 0.2) is 5.82 Å². The molecule has 0 amide bonds. The predicted molar refractivity (Wildman–Crippen MR) is 227 cm³/mol. The third-order valence-corrected chi connectivity index (χ3v) is 11.7. The molecule has 2 aliphatic carbocycles. The van der Waals surface area contributed by atoms with Crippen molar-refractivity contribution in [2.24, 2.45) is 4.99 Å². The van der Waals surface area contributed by atoms with Crippen LogP contribution in [0, 0.1) is 0 Å². The van der Waals surface area contributed by atoms with Gasteiger partial charge in [0.1, 0.15) is 0 Å². The van der Waals surface area contributed by atoms with Crippen molar-refractivity contribution in [3.63, 3.8) is 0 Å². The topological polar surface area (TPSA) is 46.3 Å². The van der Waals surface area contributed by atoms with Crippen LogP contribution in [-0.4, -0.2) is 32.6 Å². The Balaban J connectivity index is 1.18. The molecular weight excluding hydrogens is 671 g/mol. The number of hydrogen-bond donors (Lipinski definition) is 0. The molecule has 0 bridgehead atoms. The number of allylic oxidation sites excluding steroid dienone is 2. The van der Waals surface area contributed by atoms with E-state index in [9.17, 15) is 0 Å².